The highest BCUT2D eigenvalue weighted by Crippen LogP contribution is 2.52. The summed E-state index contributed by atoms with van der Waals surface area (Å²) in [7, 11) is 0. The SMILES string of the molecule is CC(C)COC(=O)C1C2C=C[C@@]3(CN(Cc4cccs4)C(=O)C13)O2. The van der Waals surface area contributed by atoms with E-state index < -0.39 is 17.4 Å². The summed E-state index contributed by atoms with van der Waals surface area (Å²) in [4.78, 5) is 28.5. The highest BCUT2D eigenvalue weighted by atomic mass is 32.1. The van der Waals surface area contributed by atoms with Gasteiger partial charge in [0.1, 0.15) is 11.5 Å². The first-order chi connectivity index (χ1) is 11.5. The Hall–Kier alpha value is -1.66. The summed E-state index contributed by atoms with van der Waals surface area (Å²) in [6, 6.07) is 4.00. The van der Waals surface area contributed by atoms with E-state index in [0.29, 0.717) is 19.7 Å². The van der Waals surface area contributed by atoms with Crippen LogP contribution in [0.3, 0.4) is 0 Å². The van der Waals surface area contributed by atoms with E-state index in [0.717, 1.165) is 4.88 Å². The van der Waals surface area contributed by atoms with Gasteiger partial charge in [-0.25, -0.2) is 0 Å². The van der Waals surface area contributed by atoms with Gasteiger partial charge in [-0.2, -0.15) is 0 Å². The minimum Gasteiger partial charge on any atom is -0.465 e. The van der Waals surface area contributed by atoms with Crippen LogP contribution in [0, 0.1) is 17.8 Å². The van der Waals surface area contributed by atoms with Crippen molar-refractivity contribution in [2.24, 2.45) is 17.8 Å². The zero-order valence-electron chi connectivity index (χ0n) is 13.8. The number of carbonyl (C=O) groups is 2. The molecule has 1 aromatic heterocycles. The molecule has 6 heteroatoms. The maximum Gasteiger partial charge on any atom is 0.312 e. The molecule has 0 saturated carbocycles. The number of amides is 1. The molecule has 4 heterocycles. The van der Waals surface area contributed by atoms with E-state index in [1.54, 1.807) is 11.3 Å². The molecular formula is C18H21NO4S. The number of esters is 1. The molecule has 4 rings (SSSR count). The molecule has 0 aliphatic carbocycles. The van der Waals surface area contributed by atoms with Gasteiger partial charge in [-0.15, -0.1) is 11.3 Å². The second-order valence-corrected chi connectivity index (χ2v) is 8.23. The van der Waals surface area contributed by atoms with Crippen LogP contribution in [0.2, 0.25) is 0 Å². The molecule has 2 bridgehead atoms. The maximum atomic E-state index is 13.0. The molecule has 128 valence electrons. The van der Waals surface area contributed by atoms with E-state index in [2.05, 4.69) is 0 Å². The third-order valence-electron chi connectivity index (χ3n) is 4.94. The monoisotopic (exact) mass is 347 g/mol. The van der Waals surface area contributed by atoms with Crippen LogP contribution in [0.4, 0.5) is 0 Å². The highest BCUT2D eigenvalue weighted by molar-refractivity contribution is 7.09. The molecule has 1 spiro atoms. The van der Waals surface area contributed by atoms with Gasteiger partial charge in [0.15, 0.2) is 0 Å². The molecule has 2 saturated heterocycles. The second kappa shape index (κ2) is 5.70. The first-order valence-electron chi connectivity index (χ1n) is 8.35. The van der Waals surface area contributed by atoms with Crippen LogP contribution in [0.5, 0.6) is 0 Å². The minimum atomic E-state index is -0.652. The number of ether oxygens (including phenoxy) is 2. The lowest BCUT2D eigenvalue weighted by Gasteiger charge is -2.23. The molecule has 0 aromatic carbocycles. The van der Waals surface area contributed by atoms with Crippen molar-refractivity contribution in [1.82, 2.24) is 4.90 Å². The van der Waals surface area contributed by atoms with E-state index in [1.807, 2.05) is 48.4 Å². The first kappa shape index (κ1) is 15.8. The summed E-state index contributed by atoms with van der Waals surface area (Å²) in [5.41, 5.74) is -0.652. The molecule has 5 nitrogen and oxygen atoms in total. The molecule has 24 heavy (non-hydrogen) atoms. The van der Waals surface area contributed by atoms with Crippen LogP contribution in [0.25, 0.3) is 0 Å². The quantitative estimate of drug-likeness (QED) is 0.605. The summed E-state index contributed by atoms with van der Waals surface area (Å²) < 4.78 is 11.5. The Balaban J connectivity index is 1.54. The average Bonchev–Trinajstić information content (AvgIpc) is 3.28. The first-order valence-corrected chi connectivity index (χ1v) is 9.23. The summed E-state index contributed by atoms with van der Waals surface area (Å²) in [5.74, 6) is -1.01. The number of rotatable bonds is 5. The summed E-state index contributed by atoms with van der Waals surface area (Å²) in [6.45, 7) is 5.45. The van der Waals surface area contributed by atoms with E-state index in [4.69, 9.17) is 9.47 Å². The van der Waals surface area contributed by atoms with E-state index in [-0.39, 0.29) is 23.9 Å². The van der Waals surface area contributed by atoms with Gasteiger partial charge in [-0.05, 0) is 17.4 Å². The topological polar surface area (TPSA) is 55.8 Å². The number of hydrogen-bond acceptors (Lipinski definition) is 5. The van der Waals surface area contributed by atoms with Crippen molar-refractivity contribution >= 4 is 23.2 Å². The predicted octanol–water partition coefficient (Wildman–Crippen LogP) is 2.23. The molecule has 2 fully saturated rings. The Morgan fingerprint density at radius 2 is 2.38 bits per heavy atom. The number of carbonyl (C=O) groups excluding carboxylic acids is 2. The van der Waals surface area contributed by atoms with Crippen LogP contribution in [-0.2, 0) is 25.6 Å². The molecule has 0 radical (unpaired) electrons. The van der Waals surface area contributed by atoms with Gasteiger partial charge >= 0.3 is 5.97 Å². The van der Waals surface area contributed by atoms with Gasteiger partial charge in [-0.1, -0.05) is 32.1 Å². The van der Waals surface area contributed by atoms with E-state index in [9.17, 15) is 9.59 Å². The van der Waals surface area contributed by atoms with Crippen molar-refractivity contribution < 1.29 is 19.1 Å². The normalized spacial score (nSPS) is 33.5. The standard InChI is InChI=1S/C18H21NO4S/c1-11(2)9-22-17(21)14-13-5-6-18(23-13)10-19(16(20)15(14)18)8-12-4-3-7-24-12/h3-7,11,13-15H,8-10H2,1-2H3/t13?,14?,15?,18-/m0/s1. The molecule has 0 N–H and O–H groups in total. The van der Waals surface area contributed by atoms with Gasteiger partial charge in [0.25, 0.3) is 0 Å². The van der Waals surface area contributed by atoms with Crippen LogP contribution in [0.15, 0.2) is 29.7 Å². The van der Waals surface area contributed by atoms with Gasteiger partial charge < -0.3 is 14.4 Å². The Labute approximate surface area is 145 Å². The fourth-order valence-electron chi connectivity index (χ4n) is 3.92. The van der Waals surface area contributed by atoms with E-state index >= 15 is 0 Å². The minimum absolute atomic E-state index is 0.00162. The number of likely N-dealkylation sites (tertiary alicyclic amines) is 1. The van der Waals surface area contributed by atoms with Crippen LogP contribution in [-0.4, -0.2) is 41.6 Å². The molecule has 3 aliphatic rings. The molecule has 3 unspecified atom stereocenters. The van der Waals surface area contributed by atoms with Crippen LogP contribution >= 0.6 is 11.3 Å². The molecular weight excluding hydrogens is 326 g/mol. The Bertz CT molecular complexity index is 683. The van der Waals surface area contributed by atoms with Crippen molar-refractivity contribution in [3.63, 3.8) is 0 Å². The molecule has 1 amide bonds. The predicted molar refractivity (Wildman–Crippen MR) is 89.3 cm³/mol. The smallest absolute Gasteiger partial charge is 0.312 e. The molecule has 4 atom stereocenters. The van der Waals surface area contributed by atoms with Crippen molar-refractivity contribution in [2.45, 2.75) is 32.1 Å². The molecule has 3 aliphatic heterocycles. The second-order valence-electron chi connectivity index (χ2n) is 7.20. The largest absolute Gasteiger partial charge is 0.465 e. The van der Waals surface area contributed by atoms with Gasteiger partial charge in [0, 0.05) is 4.88 Å². The van der Waals surface area contributed by atoms with Gasteiger partial charge in [0.05, 0.1) is 31.7 Å². The third-order valence-corrected chi connectivity index (χ3v) is 5.80. The zero-order valence-corrected chi connectivity index (χ0v) is 14.6. The third kappa shape index (κ3) is 2.40. The summed E-state index contributed by atoms with van der Waals surface area (Å²) in [5, 5.41) is 2.00. The lowest BCUT2D eigenvalue weighted by atomic mass is 9.77. The van der Waals surface area contributed by atoms with Gasteiger partial charge in [-0.3, -0.25) is 9.59 Å². The Morgan fingerprint density at radius 3 is 3.08 bits per heavy atom. The zero-order chi connectivity index (χ0) is 16.9. The number of hydrogen-bond donors (Lipinski definition) is 0. The highest BCUT2D eigenvalue weighted by Gasteiger charge is 2.67. The molecule has 1 aromatic rings. The van der Waals surface area contributed by atoms with Crippen molar-refractivity contribution in [3.05, 3.63) is 34.5 Å². The number of fused-ring (bicyclic) bond motifs is 1. The maximum absolute atomic E-state index is 13.0. The fourth-order valence-corrected chi connectivity index (χ4v) is 4.64. The van der Waals surface area contributed by atoms with Crippen molar-refractivity contribution in [2.75, 3.05) is 13.2 Å². The van der Waals surface area contributed by atoms with Crippen molar-refractivity contribution in [3.8, 4) is 0 Å². The van der Waals surface area contributed by atoms with Crippen LogP contribution in [0.1, 0.15) is 18.7 Å². The Kier molecular flexibility index (Phi) is 3.77. The lowest BCUT2D eigenvalue weighted by molar-refractivity contribution is -0.154. The van der Waals surface area contributed by atoms with E-state index in [1.165, 1.54) is 0 Å². The fraction of sp³-hybridized carbons (Fsp3) is 0.556. The van der Waals surface area contributed by atoms with Crippen molar-refractivity contribution in [1.29, 1.82) is 0 Å². The number of thiophene rings is 1. The lowest BCUT2D eigenvalue weighted by Crippen LogP contribution is -2.40. The summed E-state index contributed by atoms with van der Waals surface area (Å²) >= 11 is 1.63. The average molecular weight is 347 g/mol. The van der Waals surface area contributed by atoms with Gasteiger partial charge in [0.2, 0.25) is 5.91 Å². The van der Waals surface area contributed by atoms with Crippen LogP contribution < -0.4 is 0 Å². The Morgan fingerprint density at radius 1 is 1.54 bits per heavy atom. The summed E-state index contributed by atoms with van der Waals surface area (Å²) in [6.07, 6.45) is 3.56. The number of nitrogens with zero attached hydrogens (tertiary/aromatic N) is 1.